The predicted molar refractivity (Wildman–Crippen MR) is 339 cm³/mol. The van der Waals surface area contributed by atoms with E-state index in [2.05, 4.69) is 127 Å². The van der Waals surface area contributed by atoms with Crippen LogP contribution in [0.5, 0.6) is 0 Å². The zero-order valence-electron chi connectivity index (χ0n) is 52.0. The molecule has 0 aliphatic heterocycles. The number of hydrogen-bond acceptors (Lipinski definition) is 6. The third kappa shape index (κ3) is 35.3. The molecule has 448 valence electrons. The maximum atomic E-state index is 14.3. The smallest absolute Gasteiger partial charge is 0.261 e. The second-order valence-electron chi connectivity index (χ2n) is 23.6. The van der Waals surface area contributed by atoms with Crippen LogP contribution >= 0.6 is 0 Å². The molecule has 0 N–H and O–H groups in total. The van der Waals surface area contributed by atoms with Gasteiger partial charge in [-0.15, -0.1) is 0 Å². The van der Waals surface area contributed by atoms with E-state index in [0.717, 1.165) is 32.3 Å². The van der Waals surface area contributed by atoms with E-state index in [-0.39, 0.29) is 17.0 Å². The SMILES string of the molecule is CCCCCCCC/C=C\CCCCCCCCOCC(CN(CCCCCCCC)C(=O)C(C)OCCOCCO[Si](c1ccccc1)(c1ccccc1)C(C)(C)C)OCCCCCCCC/C=C\CCCCCCCC. The number of nitrogens with zero attached hydrogens (tertiary/aromatic N) is 1. The van der Waals surface area contributed by atoms with E-state index in [4.69, 9.17) is 23.4 Å². The van der Waals surface area contributed by atoms with Crippen LogP contribution in [0.2, 0.25) is 5.04 Å². The Hall–Kier alpha value is -2.59. The van der Waals surface area contributed by atoms with Crippen LogP contribution in [0.4, 0.5) is 0 Å². The van der Waals surface area contributed by atoms with Crippen molar-refractivity contribution in [3.05, 3.63) is 85.0 Å². The van der Waals surface area contributed by atoms with Gasteiger partial charge in [0.1, 0.15) is 6.10 Å². The van der Waals surface area contributed by atoms with Gasteiger partial charge in [-0.3, -0.25) is 4.79 Å². The van der Waals surface area contributed by atoms with Crippen LogP contribution in [0.3, 0.4) is 0 Å². The van der Waals surface area contributed by atoms with E-state index in [1.54, 1.807) is 0 Å². The summed E-state index contributed by atoms with van der Waals surface area (Å²) in [7, 11) is -2.64. The quantitative estimate of drug-likeness (QED) is 0.0374. The number of carbonyl (C=O) groups excluding carboxylic acids is 1. The van der Waals surface area contributed by atoms with Crippen LogP contribution < -0.4 is 10.4 Å². The van der Waals surface area contributed by atoms with Crippen molar-refractivity contribution in [2.75, 3.05) is 59.3 Å². The Morgan fingerprint density at radius 3 is 1.31 bits per heavy atom. The first-order valence-corrected chi connectivity index (χ1v) is 34.8. The minimum atomic E-state index is -2.64. The van der Waals surface area contributed by atoms with Gasteiger partial charge in [-0.05, 0) is 93.0 Å². The van der Waals surface area contributed by atoms with Crippen LogP contribution in [-0.2, 0) is 28.2 Å². The normalized spacial score (nSPS) is 13.1. The largest absolute Gasteiger partial charge is 0.405 e. The molecule has 0 aliphatic carbocycles. The van der Waals surface area contributed by atoms with E-state index < -0.39 is 14.4 Å². The number of allylic oxidation sites excluding steroid dienone is 4. The third-order valence-electron chi connectivity index (χ3n) is 15.5. The van der Waals surface area contributed by atoms with Gasteiger partial charge in [0.05, 0.1) is 39.1 Å². The molecular formula is C70H123NO6Si. The molecule has 78 heavy (non-hydrogen) atoms. The van der Waals surface area contributed by atoms with Crippen molar-refractivity contribution >= 4 is 24.6 Å². The molecule has 1 amide bonds. The van der Waals surface area contributed by atoms with Gasteiger partial charge >= 0.3 is 0 Å². The predicted octanol–water partition coefficient (Wildman–Crippen LogP) is 18.7. The number of benzene rings is 2. The van der Waals surface area contributed by atoms with Gasteiger partial charge in [-0.1, -0.05) is 274 Å². The molecule has 0 spiro atoms. The first-order valence-electron chi connectivity index (χ1n) is 32.9. The lowest BCUT2D eigenvalue weighted by Gasteiger charge is -2.43. The highest BCUT2D eigenvalue weighted by molar-refractivity contribution is 6.99. The Labute approximate surface area is 483 Å². The molecule has 0 heterocycles. The highest BCUT2D eigenvalue weighted by Crippen LogP contribution is 2.36. The van der Waals surface area contributed by atoms with Crippen molar-refractivity contribution in [2.24, 2.45) is 0 Å². The van der Waals surface area contributed by atoms with E-state index in [1.807, 2.05) is 11.8 Å². The minimum absolute atomic E-state index is 0.0257. The molecule has 2 atom stereocenters. The highest BCUT2D eigenvalue weighted by Gasteiger charge is 2.50. The summed E-state index contributed by atoms with van der Waals surface area (Å²) in [5, 5.41) is 2.42. The molecule has 7 nitrogen and oxygen atoms in total. The third-order valence-corrected chi connectivity index (χ3v) is 20.6. The topological polar surface area (TPSA) is 66.5 Å². The summed E-state index contributed by atoms with van der Waals surface area (Å²) in [5.41, 5.74) is 0. The zero-order valence-corrected chi connectivity index (χ0v) is 53.0. The monoisotopic (exact) mass is 1100 g/mol. The van der Waals surface area contributed by atoms with Crippen molar-refractivity contribution in [1.82, 2.24) is 4.90 Å². The molecule has 0 saturated carbocycles. The van der Waals surface area contributed by atoms with Gasteiger partial charge < -0.3 is 28.3 Å². The maximum absolute atomic E-state index is 14.3. The summed E-state index contributed by atoms with van der Waals surface area (Å²) in [4.78, 5) is 16.3. The Kier molecular flexibility index (Phi) is 46.0. The summed E-state index contributed by atoms with van der Waals surface area (Å²) in [5.74, 6) is 0.0257. The van der Waals surface area contributed by atoms with Gasteiger partial charge in [0, 0.05) is 26.3 Å². The van der Waals surface area contributed by atoms with E-state index >= 15 is 0 Å². The number of rotatable bonds is 55. The van der Waals surface area contributed by atoms with Crippen molar-refractivity contribution in [3.8, 4) is 0 Å². The van der Waals surface area contributed by atoms with Crippen molar-refractivity contribution in [1.29, 1.82) is 0 Å². The molecular weight excluding hydrogens is 979 g/mol. The molecule has 0 aromatic heterocycles. The summed E-state index contributed by atoms with van der Waals surface area (Å²) in [6.45, 7) is 20.5. The molecule has 2 unspecified atom stereocenters. The molecule has 0 fully saturated rings. The van der Waals surface area contributed by atoms with Gasteiger partial charge in [-0.2, -0.15) is 0 Å². The summed E-state index contributed by atoms with van der Waals surface area (Å²) in [6.07, 6.45) is 52.1. The first-order chi connectivity index (χ1) is 38.2. The highest BCUT2D eigenvalue weighted by atomic mass is 28.4. The number of ether oxygens (including phenoxy) is 4. The molecule has 0 saturated heterocycles. The fourth-order valence-corrected chi connectivity index (χ4v) is 15.3. The lowest BCUT2D eigenvalue weighted by atomic mass is 10.1. The molecule has 0 aliphatic rings. The van der Waals surface area contributed by atoms with E-state index in [9.17, 15) is 4.79 Å². The Morgan fingerprint density at radius 2 is 0.859 bits per heavy atom. The standard InChI is InChI=1S/C70H123NO6Si/c1-8-11-14-17-20-22-24-26-28-30-32-34-36-38-41-50-57-74-64-66(76-58-51-42-39-37-35-33-31-29-27-25-23-21-18-15-12-9-2)63-71(56-49-40-19-16-13-10-3)69(72)65(4)75-61-59-73-60-62-77-78(70(5,6)7,67-52-45-43-46-53-67)68-54-47-44-48-55-68/h26-29,43-48,52-55,65-66H,8-25,30-42,49-51,56-64H2,1-7H3/b28-26-,29-27-. The number of hydrogen-bond donors (Lipinski definition) is 0. The fraction of sp³-hybridized carbons (Fsp3) is 0.757. The molecule has 2 aromatic carbocycles. The lowest BCUT2D eigenvalue weighted by Crippen LogP contribution is -2.66. The lowest BCUT2D eigenvalue weighted by molar-refractivity contribution is -0.146. The summed E-state index contributed by atoms with van der Waals surface area (Å²) in [6, 6.07) is 21.5. The Morgan fingerprint density at radius 1 is 0.462 bits per heavy atom. The average molecular weight is 1100 g/mol. The van der Waals surface area contributed by atoms with Crippen LogP contribution in [-0.4, -0.2) is 90.7 Å². The Bertz CT molecular complexity index is 1620. The van der Waals surface area contributed by atoms with E-state index in [0.29, 0.717) is 52.7 Å². The van der Waals surface area contributed by atoms with E-state index in [1.165, 1.54) is 203 Å². The van der Waals surface area contributed by atoms with Crippen LogP contribution in [0.1, 0.15) is 267 Å². The van der Waals surface area contributed by atoms with Crippen molar-refractivity contribution in [2.45, 2.75) is 284 Å². The van der Waals surface area contributed by atoms with Crippen LogP contribution in [0.25, 0.3) is 0 Å². The van der Waals surface area contributed by atoms with Crippen LogP contribution in [0, 0.1) is 0 Å². The molecule has 2 aromatic rings. The van der Waals surface area contributed by atoms with Crippen molar-refractivity contribution in [3.63, 3.8) is 0 Å². The summed E-state index contributed by atoms with van der Waals surface area (Å²) < 4.78 is 32.4. The first kappa shape index (κ1) is 71.5. The molecule has 0 radical (unpaired) electrons. The molecule has 0 bridgehead atoms. The second kappa shape index (κ2) is 50.2. The van der Waals surface area contributed by atoms with Crippen LogP contribution in [0.15, 0.2) is 85.0 Å². The zero-order chi connectivity index (χ0) is 56.3. The number of unbranched alkanes of at least 4 members (excludes halogenated alkanes) is 29. The molecule has 2 rings (SSSR count). The Balaban J connectivity index is 1.91. The van der Waals surface area contributed by atoms with Gasteiger partial charge in [0.15, 0.2) is 0 Å². The summed E-state index contributed by atoms with van der Waals surface area (Å²) >= 11 is 0. The second-order valence-corrected chi connectivity index (χ2v) is 27.9. The van der Waals surface area contributed by atoms with Crippen molar-refractivity contribution < 1.29 is 28.2 Å². The van der Waals surface area contributed by atoms with Gasteiger partial charge in [0.2, 0.25) is 0 Å². The maximum Gasteiger partial charge on any atom is 0.261 e. The average Bonchev–Trinajstić information content (AvgIpc) is 3.54. The molecule has 8 heteroatoms. The number of carbonyl (C=O) groups is 1. The van der Waals surface area contributed by atoms with Gasteiger partial charge in [0.25, 0.3) is 14.2 Å². The number of amides is 1. The minimum Gasteiger partial charge on any atom is -0.405 e. The fourth-order valence-electron chi connectivity index (χ4n) is 10.8. The van der Waals surface area contributed by atoms with Gasteiger partial charge in [-0.25, -0.2) is 0 Å².